The van der Waals surface area contributed by atoms with Gasteiger partial charge in [-0.3, -0.25) is 9.69 Å². The van der Waals surface area contributed by atoms with E-state index >= 15 is 0 Å². The van der Waals surface area contributed by atoms with Gasteiger partial charge in [-0.05, 0) is 18.3 Å². The molecule has 0 aromatic rings. The third-order valence-electron chi connectivity index (χ3n) is 3.67. The maximum absolute atomic E-state index is 11.8. The van der Waals surface area contributed by atoms with Crippen molar-refractivity contribution in [2.24, 2.45) is 17.8 Å². The second-order valence-electron chi connectivity index (χ2n) is 5.95. The molecule has 2 atom stereocenters. The molecular formula is C14H25N3O. The number of hydrogen-bond acceptors (Lipinski definition) is 3. The molecule has 0 spiro atoms. The minimum absolute atomic E-state index is 0.0221. The van der Waals surface area contributed by atoms with Gasteiger partial charge in [0, 0.05) is 25.0 Å². The fourth-order valence-corrected chi connectivity index (χ4v) is 2.42. The topological polar surface area (TPSA) is 56.1 Å². The van der Waals surface area contributed by atoms with Crippen LogP contribution in [0.25, 0.3) is 0 Å². The summed E-state index contributed by atoms with van der Waals surface area (Å²) in [7, 11) is 0. The molecule has 102 valence electrons. The third kappa shape index (κ3) is 4.30. The van der Waals surface area contributed by atoms with Crippen molar-refractivity contribution in [3.05, 3.63) is 0 Å². The van der Waals surface area contributed by atoms with Crippen LogP contribution in [-0.4, -0.2) is 36.5 Å². The predicted molar refractivity (Wildman–Crippen MR) is 71.8 cm³/mol. The van der Waals surface area contributed by atoms with Gasteiger partial charge in [-0.1, -0.05) is 27.7 Å². The summed E-state index contributed by atoms with van der Waals surface area (Å²) in [5, 5.41) is 11.9. The molecule has 2 unspecified atom stereocenters. The molecule has 0 aromatic carbocycles. The highest BCUT2D eigenvalue weighted by Gasteiger charge is 2.29. The van der Waals surface area contributed by atoms with E-state index in [0.717, 1.165) is 19.5 Å². The molecule has 1 saturated heterocycles. The highest BCUT2D eigenvalue weighted by Crippen LogP contribution is 2.23. The lowest BCUT2D eigenvalue weighted by atomic mass is 9.85. The van der Waals surface area contributed by atoms with Gasteiger partial charge >= 0.3 is 0 Å². The summed E-state index contributed by atoms with van der Waals surface area (Å²) in [6.45, 7) is 10.5. The van der Waals surface area contributed by atoms with Crippen LogP contribution < -0.4 is 5.32 Å². The maximum atomic E-state index is 11.8. The van der Waals surface area contributed by atoms with Crippen LogP contribution in [-0.2, 0) is 4.79 Å². The van der Waals surface area contributed by atoms with Crippen LogP contribution in [0.3, 0.4) is 0 Å². The first-order valence-electron chi connectivity index (χ1n) is 6.83. The molecular weight excluding hydrogens is 226 g/mol. The number of nitrogens with zero attached hydrogens (tertiary/aromatic N) is 2. The van der Waals surface area contributed by atoms with Crippen LogP contribution in [0.5, 0.6) is 0 Å². The minimum Gasteiger partial charge on any atom is -0.352 e. The molecule has 1 rings (SSSR count). The highest BCUT2D eigenvalue weighted by molar-refractivity contribution is 5.78. The standard InChI is InChI=1S/C14H25N3O/c1-10(2)12-7-13(16-14(18)11(3)4)9-17(8-12)6-5-15/h10-13H,6-9H2,1-4H3,(H,16,18). The predicted octanol–water partition coefficient (Wildman–Crippen LogP) is 1.63. The van der Waals surface area contributed by atoms with Crippen molar-refractivity contribution >= 4 is 5.91 Å². The van der Waals surface area contributed by atoms with Crippen LogP contribution in [0.4, 0.5) is 0 Å². The molecule has 1 heterocycles. The maximum Gasteiger partial charge on any atom is 0.222 e. The average molecular weight is 251 g/mol. The van der Waals surface area contributed by atoms with Gasteiger partial charge in [0.05, 0.1) is 12.6 Å². The second kappa shape index (κ2) is 6.75. The molecule has 1 aliphatic rings. The number of rotatable bonds is 4. The molecule has 1 N–H and O–H groups in total. The number of nitrogens with one attached hydrogen (secondary N) is 1. The van der Waals surface area contributed by atoms with Crippen molar-refractivity contribution in [1.29, 1.82) is 5.26 Å². The van der Waals surface area contributed by atoms with Gasteiger partial charge in [0.1, 0.15) is 0 Å². The first-order valence-corrected chi connectivity index (χ1v) is 6.83. The summed E-state index contributed by atoms with van der Waals surface area (Å²) in [5.41, 5.74) is 0. The van der Waals surface area contributed by atoms with Crippen LogP contribution in [0.15, 0.2) is 0 Å². The van der Waals surface area contributed by atoms with Gasteiger partial charge in [0.2, 0.25) is 5.91 Å². The Bertz CT molecular complexity index is 319. The number of likely N-dealkylation sites (tertiary alicyclic amines) is 1. The van der Waals surface area contributed by atoms with Crippen molar-refractivity contribution in [1.82, 2.24) is 10.2 Å². The SMILES string of the molecule is CC(C)C(=O)NC1CC(C(C)C)CN(CC#N)C1. The van der Waals surface area contributed by atoms with Crippen LogP contribution >= 0.6 is 0 Å². The zero-order valence-corrected chi connectivity index (χ0v) is 11.9. The van der Waals surface area contributed by atoms with E-state index in [1.807, 2.05) is 13.8 Å². The van der Waals surface area contributed by atoms with Crippen molar-refractivity contribution in [3.8, 4) is 6.07 Å². The van der Waals surface area contributed by atoms with Gasteiger partial charge in [0.15, 0.2) is 0 Å². The first kappa shape index (κ1) is 15.0. The van der Waals surface area contributed by atoms with Gasteiger partial charge in [-0.25, -0.2) is 0 Å². The Labute approximate surface area is 110 Å². The Balaban J connectivity index is 2.61. The van der Waals surface area contributed by atoms with Crippen LogP contribution in [0, 0.1) is 29.1 Å². The smallest absolute Gasteiger partial charge is 0.222 e. The summed E-state index contributed by atoms with van der Waals surface area (Å²) in [6, 6.07) is 2.40. The highest BCUT2D eigenvalue weighted by atomic mass is 16.1. The van der Waals surface area contributed by atoms with E-state index in [-0.39, 0.29) is 17.9 Å². The summed E-state index contributed by atoms with van der Waals surface area (Å²) < 4.78 is 0. The van der Waals surface area contributed by atoms with Gasteiger partial charge in [-0.15, -0.1) is 0 Å². The normalized spacial score (nSPS) is 25.2. The molecule has 0 bridgehead atoms. The van der Waals surface area contributed by atoms with Crippen molar-refractivity contribution in [3.63, 3.8) is 0 Å². The molecule has 0 saturated carbocycles. The Hall–Kier alpha value is -1.08. The Morgan fingerprint density at radius 1 is 1.39 bits per heavy atom. The van der Waals surface area contributed by atoms with Crippen LogP contribution in [0.1, 0.15) is 34.1 Å². The number of carbonyl (C=O) groups excluding carboxylic acids is 1. The zero-order valence-electron chi connectivity index (χ0n) is 11.9. The quantitative estimate of drug-likeness (QED) is 0.773. The molecule has 1 amide bonds. The van der Waals surface area contributed by atoms with Gasteiger partial charge < -0.3 is 5.32 Å². The largest absolute Gasteiger partial charge is 0.352 e. The third-order valence-corrected chi connectivity index (χ3v) is 3.67. The molecule has 0 aliphatic carbocycles. The van der Waals surface area contributed by atoms with Gasteiger partial charge in [-0.2, -0.15) is 5.26 Å². The van der Waals surface area contributed by atoms with Crippen molar-refractivity contribution in [2.45, 2.75) is 40.2 Å². The van der Waals surface area contributed by atoms with E-state index in [1.54, 1.807) is 0 Å². The monoisotopic (exact) mass is 251 g/mol. The minimum atomic E-state index is 0.0221. The van der Waals surface area contributed by atoms with Gasteiger partial charge in [0.25, 0.3) is 0 Å². The number of hydrogen-bond donors (Lipinski definition) is 1. The van der Waals surface area contributed by atoms with Crippen molar-refractivity contribution in [2.75, 3.05) is 19.6 Å². The fourth-order valence-electron chi connectivity index (χ4n) is 2.42. The van der Waals surface area contributed by atoms with E-state index in [4.69, 9.17) is 5.26 Å². The Kier molecular flexibility index (Phi) is 5.61. The van der Waals surface area contributed by atoms with E-state index in [1.165, 1.54) is 0 Å². The van der Waals surface area contributed by atoms with E-state index in [9.17, 15) is 4.79 Å². The zero-order chi connectivity index (χ0) is 13.7. The number of nitriles is 1. The Morgan fingerprint density at radius 2 is 2.06 bits per heavy atom. The van der Waals surface area contributed by atoms with E-state index < -0.39 is 0 Å². The van der Waals surface area contributed by atoms with Crippen molar-refractivity contribution < 1.29 is 4.79 Å². The molecule has 1 fully saturated rings. The molecule has 0 radical (unpaired) electrons. The number of amides is 1. The Morgan fingerprint density at radius 3 is 2.56 bits per heavy atom. The lowest BCUT2D eigenvalue weighted by Gasteiger charge is -2.39. The lowest BCUT2D eigenvalue weighted by Crippen LogP contribution is -2.52. The lowest BCUT2D eigenvalue weighted by molar-refractivity contribution is -0.125. The fraction of sp³-hybridized carbons (Fsp3) is 0.857. The molecule has 0 aromatic heterocycles. The summed E-state index contributed by atoms with van der Waals surface area (Å²) in [6.07, 6.45) is 1.03. The van der Waals surface area contributed by atoms with E-state index in [0.29, 0.717) is 18.4 Å². The number of piperidine rings is 1. The molecule has 18 heavy (non-hydrogen) atoms. The van der Waals surface area contributed by atoms with Crippen LogP contribution in [0.2, 0.25) is 0 Å². The second-order valence-corrected chi connectivity index (χ2v) is 5.95. The average Bonchev–Trinajstić information content (AvgIpc) is 2.28. The first-order chi connectivity index (χ1) is 8.43. The molecule has 4 nitrogen and oxygen atoms in total. The summed E-state index contributed by atoms with van der Waals surface area (Å²) >= 11 is 0. The van der Waals surface area contributed by atoms with E-state index in [2.05, 4.69) is 30.1 Å². The summed E-state index contributed by atoms with van der Waals surface area (Å²) in [5.74, 6) is 1.28. The molecule has 4 heteroatoms. The number of carbonyl (C=O) groups is 1. The molecule has 1 aliphatic heterocycles. The summed E-state index contributed by atoms with van der Waals surface area (Å²) in [4.78, 5) is 13.9.